The first-order valence-electron chi connectivity index (χ1n) is 6.60. The average Bonchev–Trinajstić information content (AvgIpc) is 2.41. The first kappa shape index (κ1) is 16.2. The Labute approximate surface area is 134 Å². The number of rotatable bonds is 4. The van der Waals surface area contributed by atoms with Crippen LogP contribution in [0.3, 0.4) is 0 Å². The summed E-state index contributed by atoms with van der Waals surface area (Å²) in [7, 11) is -3.41. The van der Waals surface area contributed by atoms with Crippen LogP contribution in [0.2, 0.25) is 0 Å². The van der Waals surface area contributed by atoms with Crippen LogP contribution in [0.25, 0.3) is 0 Å². The molecule has 0 amide bonds. The minimum absolute atomic E-state index is 0.103. The molecule has 1 unspecified atom stereocenters. The zero-order chi connectivity index (χ0) is 15.6. The second-order valence-electron chi connectivity index (χ2n) is 5.21. The van der Waals surface area contributed by atoms with E-state index in [1.807, 2.05) is 32.0 Å². The molecule has 2 N–H and O–H groups in total. The van der Waals surface area contributed by atoms with Crippen molar-refractivity contribution in [3.05, 3.63) is 63.6 Å². The molecule has 5 heteroatoms. The summed E-state index contributed by atoms with van der Waals surface area (Å²) in [6, 6.07) is 12.1. The van der Waals surface area contributed by atoms with Gasteiger partial charge in [-0.15, -0.1) is 0 Å². The molecule has 21 heavy (non-hydrogen) atoms. The van der Waals surface area contributed by atoms with Crippen molar-refractivity contribution in [2.24, 2.45) is 5.73 Å². The van der Waals surface area contributed by atoms with Crippen LogP contribution in [0.1, 0.15) is 22.7 Å². The highest BCUT2D eigenvalue weighted by Gasteiger charge is 2.21. The van der Waals surface area contributed by atoms with Crippen molar-refractivity contribution in [2.45, 2.75) is 24.8 Å². The Hall–Kier alpha value is -1.17. The van der Waals surface area contributed by atoms with E-state index in [1.54, 1.807) is 24.3 Å². The molecule has 2 aromatic rings. The molecule has 0 spiro atoms. The lowest BCUT2D eigenvalue weighted by Crippen LogP contribution is -2.22. The average molecular weight is 368 g/mol. The van der Waals surface area contributed by atoms with Gasteiger partial charge in [-0.25, -0.2) is 8.42 Å². The molecule has 0 radical (unpaired) electrons. The molecule has 1 atom stereocenters. The van der Waals surface area contributed by atoms with Gasteiger partial charge in [0.1, 0.15) is 0 Å². The third-order valence-corrected chi connectivity index (χ3v) is 5.65. The monoisotopic (exact) mass is 367 g/mol. The number of benzene rings is 2. The van der Waals surface area contributed by atoms with Crippen molar-refractivity contribution < 1.29 is 8.42 Å². The highest BCUT2D eigenvalue weighted by atomic mass is 79.9. The van der Waals surface area contributed by atoms with Gasteiger partial charge in [0.2, 0.25) is 0 Å². The number of aryl methyl sites for hydroxylation is 2. The topological polar surface area (TPSA) is 60.2 Å². The molecule has 2 aromatic carbocycles. The zero-order valence-electron chi connectivity index (χ0n) is 12.0. The molecule has 0 aliphatic carbocycles. The van der Waals surface area contributed by atoms with Crippen molar-refractivity contribution >= 4 is 25.8 Å². The molecule has 112 valence electrons. The van der Waals surface area contributed by atoms with Crippen LogP contribution in [0, 0.1) is 13.8 Å². The van der Waals surface area contributed by atoms with Gasteiger partial charge < -0.3 is 5.73 Å². The molecule has 0 aliphatic rings. The highest BCUT2D eigenvalue weighted by Crippen LogP contribution is 2.23. The minimum atomic E-state index is -3.41. The summed E-state index contributed by atoms with van der Waals surface area (Å²) in [5, 5.41) is 0. The summed E-state index contributed by atoms with van der Waals surface area (Å²) in [6.45, 7) is 3.92. The van der Waals surface area contributed by atoms with E-state index in [0.29, 0.717) is 0 Å². The third-order valence-electron chi connectivity index (χ3n) is 3.39. The molecule has 0 aliphatic heterocycles. The molecular weight excluding hydrogens is 350 g/mol. The predicted molar refractivity (Wildman–Crippen MR) is 89.0 cm³/mol. The van der Waals surface area contributed by atoms with Crippen LogP contribution >= 0.6 is 15.9 Å². The third kappa shape index (κ3) is 3.93. The van der Waals surface area contributed by atoms with Gasteiger partial charge in [-0.05, 0) is 43.2 Å². The Balaban J connectivity index is 2.30. The van der Waals surface area contributed by atoms with Crippen LogP contribution < -0.4 is 5.73 Å². The van der Waals surface area contributed by atoms with Crippen molar-refractivity contribution in [3.63, 3.8) is 0 Å². The van der Waals surface area contributed by atoms with Crippen LogP contribution in [-0.4, -0.2) is 14.2 Å². The minimum Gasteiger partial charge on any atom is -0.323 e. The molecule has 0 saturated carbocycles. The van der Waals surface area contributed by atoms with Gasteiger partial charge in [-0.3, -0.25) is 0 Å². The maximum absolute atomic E-state index is 12.5. The molecule has 3 nitrogen and oxygen atoms in total. The van der Waals surface area contributed by atoms with Crippen molar-refractivity contribution in [2.75, 3.05) is 5.75 Å². The molecule has 2 rings (SSSR count). The Bertz CT molecular complexity index is 757. The van der Waals surface area contributed by atoms with Gasteiger partial charge in [0.15, 0.2) is 9.84 Å². The molecule has 0 bridgehead atoms. The van der Waals surface area contributed by atoms with Gasteiger partial charge in [0.05, 0.1) is 10.6 Å². The fraction of sp³-hybridized carbons (Fsp3) is 0.250. The summed E-state index contributed by atoms with van der Waals surface area (Å²) >= 11 is 3.29. The number of halogens is 1. The van der Waals surface area contributed by atoms with E-state index in [1.165, 1.54) is 0 Å². The molecule has 0 aromatic heterocycles. The summed E-state index contributed by atoms with van der Waals surface area (Å²) in [5.41, 5.74) is 9.10. The van der Waals surface area contributed by atoms with Crippen molar-refractivity contribution in [1.82, 2.24) is 0 Å². The number of sulfone groups is 1. The van der Waals surface area contributed by atoms with Gasteiger partial charge in [-0.2, -0.15) is 0 Å². The Morgan fingerprint density at radius 3 is 2.52 bits per heavy atom. The maximum atomic E-state index is 12.5. The van der Waals surface area contributed by atoms with Gasteiger partial charge in [0.25, 0.3) is 0 Å². The zero-order valence-corrected chi connectivity index (χ0v) is 14.4. The van der Waals surface area contributed by atoms with E-state index in [2.05, 4.69) is 15.9 Å². The molecule has 0 saturated heterocycles. The van der Waals surface area contributed by atoms with E-state index >= 15 is 0 Å². The maximum Gasteiger partial charge on any atom is 0.180 e. The fourth-order valence-electron chi connectivity index (χ4n) is 2.24. The Morgan fingerprint density at radius 2 is 1.86 bits per heavy atom. The Kier molecular flexibility index (Phi) is 4.86. The lowest BCUT2D eigenvalue weighted by molar-refractivity contribution is 0.588. The largest absolute Gasteiger partial charge is 0.323 e. The van der Waals surface area contributed by atoms with E-state index in [-0.39, 0.29) is 10.6 Å². The summed E-state index contributed by atoms with van der Waals surface area (Å²) in [6.07, 6.45) is 0. The molecule has 0 fully saturated rings. The lowest BCUT2D eigenvalue weighted by Gasteiger charge is -2.16. The number of hydrogen-bond acceptors (Lipinski definition) is 3. The van der Waals surface area contributed by atoms with E-state index in [4.69, 9.17) is 5.73 Å². The number of nitrogens with two attached hydrogens (primary N) is 1. The summed E-state index contributed by atoms with van der Waals surface area (Å²) < 4.78 is 25.7. The van der Waals surface area contributed by atoms with Crippen LogP contribution in [-0.2, 0) is 9.84 Å². The van der Waals surface area contributed by atoms with E-state index < -0.39 is 15.9 Å². The highest BCUT2D eigenvalue weighted by molar-refractivity contribution is 9.10. The van der Waals surface area contributed by atoms with Gasteiger partial charge in [0, 0.05) is 10.5 Å². The first-order valence-corrected chi connectivity index (χ1v) is 9.05. The summed E-state index contributed by atoms with van der Waals surface area (Å²) in [5.74, 6) is -0.103. The second kappa shape index (κ2) is 6.30. The SMILES string of the molecule is Cc1ccc(C)c(C(N)CS(=O)(=O)c2cccc(Br)c2)c1. The van der Waals surface area contributed by atoms with Gasteiger partial charge >= 0.3 is 0 Å². The first-order chi connectivity index (χ1) is 9.79. The standard InChI is InChI=1S/C16H18BrNO2S/c1-11-6-7-12(2)15(8-11)16(18)10-21(19,20)14-5-3-4-13(17)9-14/h3-9,16H,10,18H2,1-2H3. The normalized spacial score (nSPS) is 13.1. The Morgan fingerprint density at radius 1 is 1.14 bits per heavy atom. The lowest BCUT2D eigenvalue weighted by atomic mass is 10.0. The van der Waals surface area contributed by atoms with E-state index in [9.17, 15) is 8.42 Å². The fourth-order valence-corrected chi connectivity index (χ4v) is 4.23. The smallest absolute Gasteiger partial charge is 0.180 e. The van der Waals surface area contributed by atoms with Crippen LogP contribution in [0.5, 0.6) is 0 Å². The van der Waals surface area contributed by atoms with Crippen molar-refractivity contribution in [1.29, 1.82) is 0 Å². The van der Waals surface area contributed by atoms with Crippen LogP contribution in [0.15, 0.2) is 51.8 Å². The quantitative estimate of drug-likeness (QED) is 0.898. The molecule has 0 heterocycles. The predicted octanol–water partition coefficient (Wildman–Crippen LogP) is 3.54. The van der Waals surface area contributed by atoms with E-state index in [0.717, 1.165) is 21.2 Å². The van der Waals surface area contributed by atoms with Gasteiger partial charge in [-0.1, -0.05) is 45.8 Å². The molecular formula is C16H18BrNO2S. The number of hydrogen-bond donors (Lipinski definition) is 1. The summed E-state index contributed by atoms with van der Waals surface area (Å²) in [4.78, 5) is 0.289. The van der Waals surface area contributed by atoms with Crippen molar-refractivity contribution in [3.8, 4) is 0 Å². The second-order valence-corrected chi connectivity index (χ2v) is 8.16. The van der Waals surface area contributed by atoms with Crippen LogP contribution in [0.4, 0.5) is 0 Å².